The van der Waals surface area contributed by atoms with Gasteiger partial charge < -0.3 is 14.8 Å². The van der Waals surface area contributed by atoms with Crippen LogP contribution < -0.4 is 14.8 Å². The lowest BCUT2D eigenvalue weighted by molar-refractivity contribution is 0.168. The zero-order chi connectivity index (χ0) is 11.7. The van der Waals surface area contributed by atoms with Gasteiger partial charge >= 0.3 is 0 Å². The Morgan fingerprint density at radius 1 is 1.29 bits per heavy atom. The van der Waals surface area contributed by atoms with Gasteiger partial charge in [0.2, 0.25) is 0 Å². The summed E-state index contributed by atoms with van der Waals surface area (Å²) in [6, 6.07) is 3.13. The Morgan fingerprint density at radius 2 is 2.18 bits per heavy atom. The molecule has 3 rings (SSSR count). The normalized spacial score (nSPS) is 22.8. The first-order valence-electron chi connectivity index (χ1n) is 6.12. The molecule has 1 aromatic carbocycles. The Morgan fingerprint density at radius 3 is 3.00 bits per heavy atom. The first kappa shape index (κ1) is 10.8. The number of benzene rings is 1. The molecule has 0 aliphatic carbocycles. The maximum atomic E-state index is 13.9. The molecule has 2 aliphatic heterocycles. The predicted molar refractivity (Wildman–Crippen MR) is 62.1 cm³/mol. The zero-order valence-corrected chi connectivity index (χ0v) is 9.67. The Balaban J connectivity index is 1.90. The second-order valence-electron chi connectivity index (χ2n) is 4.61. The van der Waals surface area contributed by atoms with E-state index in [1.165, 1.54) is 6.07 Å². The molecule has 0 saturated carbocycles. The van der Waals surface area contributed by atoms with Gasteiger partial charge in [0.1, 0.15) is 19.0 Å². The van der Waals surface area contributed by atoms with Gasteiger partial charge in [-0.3, -0.25) is 0 Å². The second-order valence-corrected chi connectivity index (χ2v) is 4.61. The lowest BCUT2D eigenvalue weighted by Crippen LogP contribution is -2.18. The van der Waals surface area contributed by atoms with Gasteiger partial charge in [0, 0.05) is 5.56 Å². The van der Waals surface area contributed by atoms with Gasteiger partial charge in [-0.05, 0) is 44.0 Å². The van der Waals surface area contributed by atoms with Crippen LogP contribution in [0.5, 0.6) is 11.5 Å². The van der Waals surface area contributed by atoms with Crippen LogP contribution in [0.2, 0.25) is 0 Å². The number of rotatable bonds is 2. The molecule has 1 atom stereocenters. The van der Waals surface area contributed by atoms with Crippen LogP contribution in [0.4, 0.5) is 4.39 Å². The van der Waals surface area contributed by atoms with E-state index in [0.29, 0.717) is 36.2 Å². The van der Waals surface area contributed by atoms with Gasteiger partial charge in [-0.25, -0.2) is 4.39 Å². The molecule has 1 N–H and O–H groups in total. The summed E-state index contributed by atoms with van der Waals surface area (Å²) in [6.07, 6.45) is 1.83. The highest BCUT2D eigenvalue weighted by Gasteiger charge is 2.23. The number of hydrogen-bond donors (Lipinski definition) is 1. The summed E-state index contributed by atoms with van der Waals surface area (Å²) in [6.45, 7) is 3.04. The maximum absolute atomic E-state index is 13.9. The number of halogens is 1. The molecule has 1 aromatic rings. The molecule has 3 nitrogen and oxygen atoms in total. The summed E-state index contributed by atoms with van der Waals surface area (Å²) in [5.41, 5.74) is 0.677. The Hall–Kier alpha value is -1.29. The van der Waals surface area contributed by atoms with E-state index in [2.05, 4.69) is 5.32 Å². The molecule has 0 aromatic heterocycles. The SMILES string of the molecule is Fc1ccc2c(c1CC1CCNC1)OCCO2. The van der Waals surface area contributed by atoms with Crippen LogP contribution in [0.25, 0.3) is 0 Å². The molecule has 4 heteroatoms. The quantitative estimate of drug-likeness (QED) is 0.850. The van der Waals surface area contributed by atoms with Crippen LogP contribution in [0.3, 0.4) is 0 Å². The summed E-state index contributed by atoms with van der Waals surface area (Å²) >= 11 is 0. The highest BCUT2D eigenvalue weighted by Crippen LogP contribution is 2.37. The van der Waals surface area contributed by atoms with Crippen molar-refractivity contribution in [2.75, 3.05) is 26.3 Å². The van der Waals surface area contributed by atoms with E-state index in [1.807, 2.05) is 0 Å². The van der Waals surface area contributed by atoms with Crippen molar-refractivity contribution < 1.29 is 13.9 Å². The van der Waals surface area contributed by atoms with Gasteiger partial charge in [-0.15, -0.1) is 0 Å². The van der Waals surface area contributed by atoms with Crippen molar-refractivity contribution in [1.82, 2.24) is 5.32 Å². The monoisotopic (exact) mass is 237 g/mol. The van der Waals surface area contributed by atoms with E-state index in [9.17, 15) is 4.39 Å². The molecule has 2 aliphatic rings. The van der Waals surface area contributed by atoms with E-state index >= 15 is 0 Å². The fraction of sp³-hybridized carbons (Fsp3) is 0.538. The summed E-state index contributed by atoms with van der Waals surface area (Å²) in [5.74, 6) is 1.62. The zero-order valence-electron chi connectivity index (χ0n) is 9.67. The topological polar surface area (TPSA) is 30.5 Å². The lowest BCUT2D eigenvalue weighted by Gasteiger charge is -2.22. The fourth-order valence-corrected chi connectivity index (χ4v) is 2.52. The summed E-state index contributed by atoms with van der Waals surface area (Å²) in [4.78, 5) is 0. The lowest BCUT2D eigenvalue weighted by atomic mass is 9.97. The molecule has 0 amide bonds. The van der Waals surface area contributed by atoms with E-state index < -0.39 is 0 Å². The maximum Gasteiger partial charge on any atom is 0.167 e. The average Bonchev–Trinajstić information content (AvgIpc) is 2.86. The van der Waals surface area contributed by atoms with E-state index in [-0.39, 0.29) is 5.82 Å². The molecule has 92 valence electrons. The Kier molecular flexibility index (Phi) is 2.89. The van der Waals surface area contributed by atoms with Crippen LogP contribution in [-0.2, 0) is 6.42 Å². The first-order valence-corrected chi connectivity index (χ1v) is 6.12. The number of ether oxygens (including phenoxy) is 2. The van der Waals surface area contributed by atoms with Gasteiger partial charge in [0.25, 0.3) is 0 Å². The Bertz CT molecular complexity index is 416. The second kappa shape index (κ2) is 4.53. The van der Waals surface area contributed by atoms with Gasteiger partial charge in [-0.2, -0.15) is 0 Å². The molecule has 17 heavy (non-hydrogen) atoms. The standard InChI is InChI=1S/C13H16FNO2/c14-11-1-2-12-13(17-6-5-16-12)10(11)7-9-3-4-15-8-9/h1-2,9,15H,3-8H2. The third-order valence-electron chi connectivity index (χ3n) is 3.41. The molecule has 0 bridgehead atoms. The van der Waals surface area contributed by atoms with E-state index in [4.69, 9.17) is 9.47 Å². The number of fused-ring (bicyclic) bond motifs is 1. The minimum Gasteiger partial charge on any atom is -0.486 e. The smallest absolute Gasteiger partial charge is 0.167 e. The minimum absolute atomic E-state index is 0.179. The largest absolute Gasteiger partial charge is 0.486 e. The van der Waals surface area contributed by atoms with Crippen molar-refractivity contribution in [1.29, 1.82) is 0 Å². The van der Waals surface area contributed by atoms with Crippen LogP contribution >= 0.6 is 0 Å². The van der Waals surface area contributed by atoms with Crippen LogP contribution in [0, 0.1) is 11.7 Å². The Labute approximate surface area is 99.9 Å². The molecule has 2 heterocycles. The van der Waals surface area contributed by atoms with Crippen LogP contribution in [-0.4, -0.2) is 26.3 Å². The minimum atomic E-state index is -0.179. The van der Waals surface area contributed by atoms with Crippen molar-refractivity contribution in [3.8, 4) is 11.5 Å². The highest BCUT2D eigenvalue weighted by molar-refractivity contribution is 5.48. The predicted octanol–water partition coefficient (Wildman–Crippen LogP) is 1.75. The molecular weight excluding hydrogens is 221 g/mol. The molecular formula is C13H16FNO2. The van der Waals surface area contributed by atoms with Crippen molar-refractivity contribution in [3.05, 3.63) is 23.5 Å². The fourth-order valence-electron chi connectivity index (χ4n) is 2.52. The number of nitrogens with one attached hydrogen (secondary N) is 1. The van der Waals surface area contributed by atoms with Crippen LogP contribution in [0.1, 0.15) is 12.0 Å². The van der Waals surface area contributed by atoms with Crippen LogP contribution in [0.15, 0.2) is 12.1 Å². The molecule has 0 radical (unpaired) electrons. The molecule has 0 spiro atoms. The highest BCUT2D eigenvalue weighted by atomic mass is 19.1. The summed E-state index contributed by atoms with van der Waals surface area (Å²) < 4.78 is 24.9. The molecule has 1 saturated heterocycles. The third-order valence-corrected chi connectivity index (χ3v) is 3.41. The van der Waals surface area contributed by atoms with Crippen molar-refractivity contribution in [3.63, 3.8) is 0 Å². The van der Waals surface area contributed by atoms with Crippen molar-refractivity contribution in [2.24, 2.45) is 5.92 Å². The third kappa shape index (κ3) is 2.09. The van der Waals surface area contributed by atoms with Gasteiger partial charge in [0.15, 0.2) is 11.5 Å². The molecule has 1 unspecified atom stereocenters. The molecule has 1 fully saturated rings. The van der Waals surface area contributed by atoms with Crippen molar-refractivity contribution >= 4 is 0 Å². The van der Waals surface area contributed by atoms with E-state index in [1.54, 1.807) is 6.07 Å². The van der Waals surface area contributed by atoms with E-state index in [0.717, 1.165) is 25.9 Å². The van der Waals surface area contributed by atoms with Crippen molar-refractivity contribution in [2.45, 2.75) is 12.8 Å². The summed E-state index contributed by atoms with van der Waals surface area (Å²) in [7, 11) is 0. The first-order chi connectivity index (χ1) is 8.34. The number of hydrogen-bond acceptors (Lipinski definition) is 3. The van der Waals surface area contributed by atoms with Gasteiger partial charge in [0.05, 0.1) is 0 Å². The average molecular weight is 237 g/mol. The summed E-state index contributed by atoms with van der Waals surface area (Å²) in [5, 5.41) is 3.30. The van der Waals surface area contributed by atoms with Gasteiger partial charge in [-0.1, -0.05) is 0 Å².